The SMILES string of the molecule is CC(C)CN1C(=O)c2ccc(NC(=O)N3CCCCCC3)cc2C1=O. The average Bonchev–Trinajstić information content (AvgIpc) is 2.80. The second-order valence-corrected chi connectivity index (χ2v) is 7.21. The monoisotopic (exact) mass is 343 g/mol. The number of nitrogens with zero attached hydrogens (tertiary/aromatic N) is 2. The quantitative estimate of drug-likeness (QED) is 0.856. The minimum absolute atomic E-state index is 0.141. The number of imide groups is 1. The Balaban J connectivity index is 1.74. The molecular formula is C19H25N3O3. The molecule has 6 heteroatoms. The summed E-state index contributed by atoms with van der Waals surface area (Å²) >= 11 is 0. The highest BCUT2D eigenvalue weighted by Crippen LogP contribution is 2.26. The van der Waals surface area contributed by atoms with Gasteiger partial charge in [0, 0.05) is 25.3 Å². The van der Waals surface area contributed by atoms with E-state index in [1.807, 2.05) is 18.7 Å². The number of likely N-dealkylation sites (tertiary alicyclic amines) is 1. The van der Waals surface area contributed by atoms with Crippen molar-refractivity contribution in [2.45, 2.75) is 39.5 Å². The number of fused-ring (bicyclic) bond motifs is 1. The van der Waals surface area contributed by atoms with Crippen LogP contribution in [0.3, 0.4) is 0 Å². The molecule has 0 aromatic heterocycles. The number of carbonyl (C=O) groups excluding carboxylic acids is 3. The van der Waals surface area contributed by atoms with Crippen LogP contribution in [-0.2, 0) is 0 Å². The Bertz CT molecular complexity index is 691. The van der Waals surface area contributed by atoms with Crippen LogP contribution in [0, 0.1) is 5.92 Å². The summed E-state index contributed by atoms with van der Waals surface area (Å²) in [6.45, 7) is 5.86. The molecule has 1 fully saturated rings. The van der Waals surface area contributed by atoms with Gasteiger partial charge in [0.05, 0.1) is 11.1 Å². The van der Waals surface area contributed by atoms with Crippen LogP contribution in [0.4, 0.5) is 10.5 Å². The number of rotatable bonds is 3. The number of urea groups is 1. The van der Waals surface area contributed by atoms with Crippen LogP contribution in [0.1, 0.15) is 60.2 Å². The van der Waals surface area contributed by atoms with Gasteiger partial charge in [-0.3, -0.25) is 14.5 Å². The van der Waals surface area contributed by atoms with Gasteiger partial charge in [-0.1, -0.05) is 26.7 Å². The van der Waals surface area contributed by atoms with Crippen LogP contribution in [0.5, 0.6) is 0 Å². The molecule has 6 nitrogen and oxygen atoms in total. The van der Waals surface area contributed by atoms with Gasteiger partial charge in [-0.25, -0.2) is 4.79 Å². The molecule has 1 N–H and O–H groups in total. The lowest BCUT2D eigenvalue weighted by molar-refractivity contribution is 0.0636. The summed E-state index contributed by atoms with van der Waals surface area (Å²) in [5.41, 5.74) is 1.35. The first-order chi connectivity index (χ1) is 12.0. The Kier molecular flexibility index (Phi) is 5.06. The highest BCUT2D eigenvalue weighted by Gasteiger charge is 2.35. The maximum Gasteiger partial charge on any atom is 0.321 e. The lowest BCUT2D eigenvalue weighted by Crippen LogP contribution is -2.35. The molecule has 1 aromatic rings. The lowest BCUT2D eigenvalue weighted by Gasteiger charge is -2.20. The number of benzene rings is 1. The van der Waals surface area contributed by atoms with Crippen molar-refractivity contribution >= 4 is 23.5 Å². The van der Waals surface area contributed by atoms with E-state index < -0.39 is 0 Å². The van der Waals surface area contributed by atoms with Crippen molar-refractivity contribution in [3.8, 4) is 0 Å². The lowest BCUT2D eigenvalue weighted by atomic mass is 10.1. The van der Waals surface area contributed by atoms with Gasteiger partial charge in [0.15, 0.2) is 0 Å². The van der Waals surface area contributed by atoms with Crippen molar-refractivity contribution in [1.82, 2.24) is 9.80 Å². The zero-order chi connectivity index (χ0) is 18.0. The van der Waals surface area contributed by atoms with Gasteiger partial charge in [0.2, 0.25) is 0 Å². The maximum absolute atomic E-state index is 12.5. The molecule has 25 heavy (non-hydrogen) atoms. The van der Waals surface area contributed by atoms with Crippen LogP contribution in [0.15, 0.2) is 18.2 Å². The molecule has 1 aromatic carbocycles. The van der Waals surface area contributed by atoms with Gasteiger partial charge >= 0.3 is 6.03 Å². The smallest absolute Gasteiger partial charge is 0.321 e. The molecule has 0 atom stereocenters. The Morgan fingerprint density at radius 2 is 1.68 bits per heavy atom. The van der Waals surface area contributed by atoms with Gasteiger partial charge in [0.25, 0.3) is 11.8 Å². The topological polar surface area (TPSA) is 69.7 Å². The standard InChI is InChI=1S/C19H25N3O3/c1-13(2)12-22-17(23)15-8-7-14(11-16(15)18(22)24)20-19(25)21-9-5-3-4-6-10-21/h7-8,11,13H,3-6,9-10,12H2,1-2H3,(H,20,25). The van der Waals surface area contributed by atoms with Gasteiger partial charge < -0.3 is 10.2 Å². The first-order valence-electron chi connectivity index (χ1n) is 9.03. The molecule has 1 saturated heterocycles. The fourth-order valence-corrected chi connectivity index (χ4v) is 3.38. The predicted molar refractivity (Wildman–Crippen MR) is 95.7 cm³/mol. The minimum Gasteiger partial charge on any atom is -0.325 e. The Morgan fingerprint density at radius 3 is 2.32 bits per heavy atom. The fraction of sp³-hybridized carbons (Fsp3) is 0.526. The van der Waals surface area contributed by atoms with Gasteiger partial charge in [-0.15, -0.1) is 0 Å². The van der Waals surface area contributed by atoms with Crippen molar-refractivity contribution in [2.24, 2.45) is 5.92 Å². The number of hydrogen-bond acceptors (Lipinski definition) is 3. The van der Waals surface area contributed by atoms with E-state index in [-0.39, 0.29) is 23.8 Å². The van der Waals surface area contributed by atoms with Crippen LogP contribution in [0.2, 0.25) is 0 Å². The molecule has 3 rings (SSSR count). The van der Waals surface area contributed by atoms with E-state index in [0.29, 0.717) is 23.4 Å². The maximum atomic E-state index is 12.5. The van der Waals surface area contributed by atoms with E-state index in [0.717, 1.165) is 38.8 Å². The Hall–Kier alpha value is -2.37. The first kappa shape index (κ1) is 17.5. The van der Waals surface area contributed by atoms with E-state index in [9.17, 15) is 14.4 Å². The Labute approximate surface area is 148 Å². The zero-order valence-corrected chi connectivity index (χ0v) is 14.9. The van der Waals surface area contributed by atoms with E-state index >= 15 is 0 Å². The van der Waals surface area contributed by atoms with Crippen molar-refractivity contribution in [2.75, 3.05) is 25.0 Å². The van der Waals surface area contributed by atoms with Crippen molar-refractivity contribution in [3.63, 3.8) is 0 Å². The Morgan fingerprint density at radius 1 is 1.04 bits per heavy atom. The summed E-state index contributed by atoms with van der Waals surface area (Å²) < 4.78 is 0. The molecule has 0 radical (unpaired) electrons. The molecule has 2 heterocycles. The van der Waals surface area contributed by atoms with E-state index in [2.05, 4.69) is 5.32 Å². The third-order valence-electron chi connectivity index (χ3n) is 4.66. The number of carbonyl (C=O) groups is 3. The largest absolute Gasteiger partial charge is 0.325 e. The van der Waals surface area contributed by atoms with E-state index in [1.54, 1.807) is 18.2 Å². The van der Waals surface area contributed by atoms with Crippen LogP contribution in [0.25, 0.3) is 0 Å². The molecule has 4 amide bonds. The van der Waals surface area contributed by atoms with Gasteiger partial charge in [-0.05, 0) is 37.0 Å². The molecule has 2 aliphatic heterocycles. The second kappa shape index (κ2) is 7.25. The molecule has 134 valence electrons. The molecule has 0 spiro atoms. The van der Waals surface area contributed by atoms with Crippen LogP contribution >= 0.6 is 0 Å². The highest BCUT2D eigenvalue weighted by atomic mass is 16.2. The van der Waals surface area contributed by atoms with Crippen LogP contribution in [-0.4, -0.2) is 47.3 Å². The number of nitrogens with one attached hydrogen (secondary N) is 1. The molecule has 0 unspecified atom stereocenters. The van der Waals surface area contributed by atoms with E-state index in [4.69, 9.17) is 0 Å². The number of amides is 4. The molecular weight excluding hydrogens is 318 g/mol. The van der Waals surface area contributed by atoms with Crippen molar-refractivity contribution in [3.05, 3.63) is 29.3 Å². The molecule has 0 saturated carbocycles. The summed E-state index contributed by atoms with van der Waals surface area (Å²) in [5, 5.41) is 2.87. The van der Waals surface area contributed by atoms with Crippen molar-refractivity contribution < 1.29 is 14.4 Å². The minimum atomic E-state index is -0.278. The molecule has 0 bridgehead atoms. The average molecular weight is 343 g/mol. The zero-order valence-electron chi connectivity index (χ0n) is 14.9. The van der Waals surface area contributed by atoms with E-state index in [1.165, 1.54) is 4.90 Å². The number of hydrogen-bond donors (Lipinski definition) is 1. The third-order valence-corrected chi connectivity index (χ3v) is 4.66. The normalized spacial score (nSPS) is 17.7. The summed E-state index contributed by atoms with van der Waals surface area (Å²) in [4.78, 5) is 40.4. The summed E-state index contributed by atoms with van der Waals surface area (Å²) in [5.74, 6) is -0.317. The summed E-state index contributed by atoms with van der Waals surface area (Å²) in [6.07, 6.45) is 4.36. The predicted octanol–water partition coefficient (Wildman–Crippen LogP) is 3.35. The third kappa shape index (κ3) is 3.67. The number of anilines is 1. The highest BCUT2D eigenvalue weighted by molar-refractivity contribution is 6.21. The second-order valence-electron chi connectivity index (χ2n) is 7.21. The van der Waals surface area contributed by atoms with Crippen molar-refractivity contribution in [1.29, 1.82) is 0 Å². The van der Waals surface area contributed by atoms with Gasteiger partial charge in [-0.2, -0.15) is 0 Å². The summed E-state index contributed by atoms with van der Waals surface area (Å²) in [7, 11) is 0. The molecule has 2 aliphatic rings. The fourth-order valence-electron chi connectivity index (χ4n) is 3.38. The molecule has 0 aliphatic carbocycles. The van der Waals surface area contributed by atoms with Gasteiger partial charge in [0.1, 0.15) is 0 Å². The van der Waals surface area contributed by atoms with Crippen LogP contribution < -0.4 is 5.32 Å². The first-order valence-corrected chi connectivity index (χ1v) is 9.03. The summed E-state index contributed by atoms with van der Waals surface area (Å²) in [6, 6.07) is 4.80.